The first-order chi connectivity index (χ1) is 10.1. The van der Waals surface area contributed by atoms with E-state index in [1.807, 2.05) is 30.3 Å². The molecule has 21 heavy (non-hydrogen) atoms. The van der Waals surface area contributed by atoms with E-state index in [-0.39, 0.29) is 24.5 Å². The lowest BCUT2D eigenvalue weighted by molar-refractivity contribution is -0.137. The van der Waals surface area contributed by atoms with Crippen molar-refractivity contribution in [1.29, 1.82) is 0 Å². The van der Waals surface area contributed by atoms with Crippen molar-refractivity contribution in [3.05, 3.63) is 35.9 Å². The Morgan fingerprint density at radius 1 is 1.38 bits per heavy atom. The SMILES string of the molecule is CC(=O)NC(Cc1ccccc1)C(=O)N1CCCC1CO. The molecule has 0 bridgehead atoms. The average molecular weight is 290 g/mol. The Morgan fingerprint density at radius 3 is 2.71 bits per heavy atom. The fraction of sp³-hybridized carbons (Fsp3) is 0.500. The van der Waals surface area contributed by atoms with Gasteiger partial charge in [-0.1, -0.05) is 30.3 Å². The maximum absolute atomic E-state index is 12.7. The van der Waals surface area contributed by atoms with E-state index in [1.54, 1.807) is 4.90 Å². The zero-order valence-corrected chi connectivity index (χ0v) is 12.3. The Bertz CT molecular complexity index is 490. The number of hydrogen-bond donors (Lipinski definition) is 2. The number of amides is 2. The van der Waals surface area contributed by atoms with E-state index in [9.17, 15) is 14.7 Å². The van der Waals surface area contributed by atoms with E-state index in [1.165, 1.54) is 6.92 Å². The highest BCUT2D eigenvalue weighted by Crippen LogP contribution is 2.18. The van der Waals surface area contributed by atoms with Crippen LogP contribution < -0.4 is 5.32 Å². The molecule has 114 valence electrons. The monoisotopic (exact) mass is 290 g/mol. The van der Waals surface area contributed by atoms with Crippen LogP contribution in [0.2, 0.25) is 0 Å². The second kappa shape index (κ2) is 7.22. The van der Waals surface area contributed by atoms with Crippen LogP contribution in [0.25, 0.3) is 0 Å². The van der Waals surface area contributed by atoms with Gasteiger partial charge in [0.1, 0.15) is 6.04 Å². The molecule has 1 aliphatic heterocycles. The van der Waals surface area contributed by atoms with Gasteiger partial charge in [-0.25, -0.2) is 0 Å². The van der Waals surface area contributed by atoms with Crippen molar-refractivity contribution in [1.82, 2.24) is 10.2 Å². The first-order valence-corrected chi connectivity index (χ1v) is 7.34. The van der Waals surface area contributed by atoms with E-state index >= 15 is 0 Å². The highest BCUT2D eigenvalue weighted by atomic mass is 16.3. The summed E-state index contributed by atoms with van der Waals surface area (Å²) in [7, 11) is 0. The molecule has 5 nitrogen and oxygen atoms in total. The Hall–Kier alpha value is -1.88. The quantitative estimate of drug-likeness (QED) is 0.839. The molecule has 0 aliphatic carbocycles. The molecule has 2 N–H and O–H groups in total. The third-order valence-electron chi connectivity index (χ3n) is 3.83. The minimum absolute atomic E-state index is 0.0239. The minimum atomic E-state index is -0.572. The molecule has 5 heteroatoms. The van der Waals surface area contributed by atoms with Gasteiger partial charge in [0.25, 0.3) is 0 Å². The van der Waals surface area contributed by atoms with Gasteiger partial charge in [-0.3, -0.25) is 9.59 Å². The summed E-state index contributed by atoms with van der Waals surface area (Å²) in [5.41, 5.74) is 1.00. The molecule has 0 aromatic heterocycles. The number of aliphatic hydroxyl groups is 1. The van der Waals surface area contributed by atoms with Crippen LogP contribution in [0.4, 0.5) is 0 Å². The summed E-state index contributed by atoms with van der Waals surface area (Å²) in [5, 5.41) is 12.1. The van der Waals surface area contributed by atoms with Crippen molar-refractivity contribution in [3.8, 4) is 0 Å². The van der Waals surface area contributed by atoms with E-state index < -0.39 is 6.04 Å². The summed E-state index contributed by atoms with van der Waals surface area (Å²) in [6.45, 7) is 2.04. The fourth-order valence-electron chi connectivity index (χ4n) is 2.81. The largest absolute Gasteiger partial charge is 0.394 e. The number of carbonyl (C=O) groups excluding carboxylic acids is 2. The van der Waals surface area contributed by atoms with Crippen molar-refractivity contribution >= 4 is 11.8 Å². The molecule has 0 radical (unpaired) electrons. The highest BCUT2D eigenvalue weighted by Gasteiger charge is 2.33. The molecular weight excluding hydrogens is 268 g/mol. The lowest BCUT2D eigenvalue weighted by Gasteiger charge is -2.28. The van der Waals surface area contributed by atoms with Crippen molar-refractivity contribution in [2.24, 2.45) is 0 Å². The molecule has 0 saturated carbocycles. The summed E-state index contributed by atoms with van der Waals surface area (Å²) in [6, 6.07) is 8.93. The van der Waals surface area contributed by atoms with Gasteiger partial charge in [0.15, 0.2) is 0 Å². The third kappa shape index (κ3) is 4.04. The maximum atomic E-state index is 12.7. The lowest BCUT2D eigenvalue weighted by Crippen LogP contribution is -2.51. The van der Waals surface area contributed by atoms with Gasteiger partial charge in [-0.05, 0) is 18.4 Å². The molecule has 2 atom stereocenters. The van der Waals surface area contributed by atoms with Gasteiger partial charge in [-0.15, -0.1) is 0 Å². The number of benzene rings is 1. The molecule has 1 aliphatic rings. The number of rotatable bonds is 5. The van der Waals surface area contributed by atoms with E-state index in [4.69, 9.17) is 0 Å². The summed E-state index contributed by atoms with van der Waals surface area (Å²) in [5.74, 6) is -0.324. The van der Waals surface area contributed by atoms with Gasteiger partial charge in [0.05, 0.1) is 12.6 Å². The number of carbonyl (C=O) groups is 2. The van der Waals surface area contributed by atoms with Crippen molar-refractivity contribution in [2.45, 2.75) is 38.3 Å². The molecule has 1 aromatic carbocycles. The van der Waals surface area contributed by atoms with Crippen LogP contribution in [0.1, 0.15) is 25.3 Å². The van der Waals surface area contributed by atoms with Crippen LogP contribution >= 0.6 is 0 Å². The minimum Gasteiger partial charge on any atom is -0.394 e. The summed E-state index contributed by atoms with van der Waals surface area (Å²) < 4.78 is 0. The van der Waals surface area contributed by atoms with E-state index in [2.05, 4.69) is 5.32 Å². The van der Waals surface area contributed by atoms with Crippen molar-refractivity contribution in [3.63, 3.8) is 0 Å². The predicted molar refractivity (Wildman–Crippen MR) is 79.6 cm³/mol. The first kappa shape index (κ1) is 15.5. The number of hydrogen-bond acceptors (Lipinski definition) is 3. The number of likely N-dealkylation sites (tertiary alicyclic amines) is 1. The summed E-state index contributed by atoms with van der Waals surface area (Å²) in [6.07, 6.45) is 2.18. The molecule has 1 aromatic rings. The van der Waals surface area contributed by atoms with Crippen molar-refractivity contribution in [2.75, 3.05) is 13.2 Å². The molecular formula is C16H22N2O3. The highest BCUT2D eigenvalue weighted by molar-refractivity contribution is 5.87. The van der Waals surface area contributed by atoms with Crippen LogP contribution in [0.3, 0.4) is 0 Å². The predicted octanol–water partition coefficient (Wildman–Crippen LogP) is 0.717. The second-order valence-electron chi connectivity index (χ2n) is 5.45. The normalized spacial score (nSPS) is 19.3. The molecule has 2 rings (SSSR count). The Balaban J connectivity index is 2.11. The average Bonchev–Trinajstić information content (AvgIpc) is 2.95. The van der Waals surface area contributed by atoms with Crippen LogP contribution in [0, 0.1) is 0 Å². The van der Waals surface area contributed by atoms with Crippen molar-refractivity contribution < 1.29 is 14.7 Å². The number of nitrogens with zero attached hydrogens (tertiary/aromatic N) is 1. The smallest absolute Gasteiger partial charge is 0.245 e. The third-order valence-corrected chi connectivity index (χ3v) is 3.83. The van der Waals surface area contributed by atoms with Gasteiger partial charge in [-0.2, -0.15) is 0 Å². The number of nitrogens with one attached hydrogen (secondary N) is 1. The van der Waals surface area contributed by atoms with Crippen LogP contribution in [-0.2, 0) is 16.0 Å². The molecule has 1 saturated heterocycles. The topological polar surface area (TPSA) is 69.6 Å². The molecule has 0 spiro atoms. The Kier molecular flexibility index (Phi) is 5.33. The first-order valence-electron chi connectivity index (χ1n) is 7.34. The fourth-order valence-corrected chi connectivity index (χ4v) is 2.81. The summed E-state index contributed by atoms with van der Waals surface area (Å²) in [4.78, 5) is 25.7. The van der Waals surface area contributed by atoms with Gasteiger partial charge in [0.2, 0.25) is 11.8 Å². The van der Waals surface area contributed by atoms with Gasteiger partial charge in [0, 0.05) is 19.9 Å². The molecule has 2 amide bonds. The zero-order chi connectivity index (χ0) is 15.2. The van der Waals surface area contributed by atoms with Crippen LogP contribution in [0.15, 0.2) is 30.3 Å². The number of aliphatic hydroxyl groups excluding tert-OH is 1. The molecule has 1 fully saturated rings. The van der Waals surface area contributed by atoms with E-state index in [0.717, 1.165) is 18.4 Å². The van der Waals surface area contributed by atoms with Gasteiger partial charge < -0.3 is 15.3 Å². The van der Waals surface area contributed by atoms with Gasteiger partial charge >= 0.3 is 0 Å². The molecule has 2 unspecified atom stereocenters. The van der Waals surface area contributed by atoms with E-state index in [0.29, 0.717) is 13.0 Å². The zero-order valence-electron chi connectivity index (χ0n) is 12.3. The van der Waals surface area contributed by atoms with Crippen LogP contribution in [-0.4, -0.2) is 47.1 Å². The summed E-state index contributed by atoms with van der Waals surface area (Å²) >= 11 is 0. The second-order valence-corrected chi connectivity index (χ2v) is 5.45. The maximum Gasteiger partial charge on any atom is 0.245 e. The lowest BCUT2D eigenvalue weighted by atomic mass is 10.0. The Labute approximate surface area is 125 Å². The van der Waals surface area contributed by atoms with Crippen LogP contribution in [0.5, 0.6) is 0 Å². The Morgan fingerprint density at radius 2 is 2.10 bits per heavy atom. The standard InChI is InChI=1S/C16H22N2O3/c1-12(20)17-15(10-13-6-3-2-4-7-13)16(21)18-9-5-8-14(18)11-19/h2-4,6-7,14-15,19H,5,8-11H2,1H3,(H,17,20). The molecule has 1 heterocycles.